The zero-order valence-corrected chi connectivity index (χ0v) is 10.7. The van der Waals surface area contributed by atoms with Crippen molar-refractivity contribution in [3.63, 3.8) is 0 Å². The summed E-state index contributed by atoms with van der Waals surface area (Å²) in [6.07, 6.45) is 7.05. The minimum atomic E-state index is 0.429. The van der Waals surface area contributed by atoms with E-state index in [0.29, 0.717) is 16.5 Å². The smallest absolute Gasteiger partial charge is 0.166 e. The van der Waals surface area contributed by atoms with Gasteiger partial charge in [0.25, 0.3) is 0 Å². The largest absolute Gasteiger partial charge is 0.402 e. The molecule has 0 saturated carbocycles. The van der Waals surface area contributed by atoms with Crippen molar-refractivity contribution in [3.05, 3.63) is 54.1 Å². The van der Waals surface area contributed by atoms with Crippen LogP contribution in [-0.2, 0) is 0 Å². The van der Waals surface area contributed by atoms with Crippen LogP contribution in [0.2, 0.25) is 5.15 Å². The monoisotopic (exact) mass is 260 g/mol. The number of nitrogens with two attached hydrogens (primary N) is 1. The third kappa shape index (κ3) is 2.43. The lowest BCUT2D eigenvalue weighted by atomic mass is 10.3. The van der Waals surface area contributed by atoms with Crippen molar-refractivity contribution in [3.8, 4) is 0 Å². The van der Waals surface area contributed by atoms with Gasteiger partial charge in [-0.25, -0.2) is 9.97 Å². The highest BCUT2D eigenvalue weighted by Gasteiger charge is 2.06. The summed E-state index contributed by atoms with van der Waals surface area (Å²) >= 11 is 5.89. The van der Waals surface area contributed by atoms with E-state index in [4.69, 9.17) is 17.3 Å². The summed E-state index contributed by atoms with van der Waals surface area (Å²) in [4.78, 5) is 8.51. The van der Waals surface area contributed by atoms with Crippen molar-refractivity contribution in [2.45, 2.75) is 6.92 Å². The first-order chi connectivity index (χ1) is 8.61. The molecule has 2 rings (SSSR count). The molecular formula is C13H13ClN4. The molecule has 0 fully saturated rings. The lowest BCUT2D eigenvalue weighted by Gasteiger charge is -2.03. The number of imidazole rings is 1. The molecular weight excluding hydrogens is 248 g/mol. The van der Waals surface area contributed by atoms with Gasteiger partial charge in [0.15, 0.2) is 5.65 Å². The number of hydrogen-bond acceptors (Lipinski definition) is 3. The van der Waals surface area contributed by atoms with Gasteiger partial charge in [-0.2, -0.15) is 0 Å². The van der Waals surface area contributed by atoms with Crippen molar-refractivity contribution in [2.24, 2.45) is 5.73 Å². The van der Waals surface area contributed by atoms with Crippen molar-refractivity contribution in [1.82, 2.24) is 14.5 Å². The van der Waals surface area contributed by atoms with Crippen LogP contribution >= 0.6 is 11.6 Å². The first-order valence-corrected chi connectivity index (χ1v) is 5.76. The van der Waals surface area contributed by atoms with E-state index in [1.54, 1.807) is 24.5 Å². The number of halogens is 1. The first kappa shape index (κ1) is 12.4. The molecule has 0 amide bonds. The van der Waals surface area contributed by atoms with Crippen molar-refractivity contribution < 1.29 is 0 Å². The number of aromatic nitrogens is 3. The Hall–Kier alpha value is -2.07. The van der Waals surface area contributed by atoms with Gasteiger partial charge in [0.05, 0.1) is 0 Å². The molecule has 2 aromatic heterocycles. The molecule has 92 valence electrons. The van der Waals surface area contributed by atoms with Gasteiger partial charge in [-0.05, 0) is 37.3 Å². The molecule has 0 bridgehead atoms. The van der Waals surface area contributed by atoms with E-state index in [1.807, 2.05) is 23.6 Å². The summed E-state index contributed by atoms with van der Waals surface area (Å²) in [7, 11) is 0. The van der Waals surface area contributed by atoms with Gasteiger partial charge in [0.2, 0.25) is 0 Å². The van der Waals surface area contributed by atoms with Crippen LogP contribution in [-0.4, -0.2) is 14.5 Å². The first-order valence-electron chi connectivity index (χ1n) is 5.38. The van der Waals surface area contributed by atoms with E-state index in [2.05, 4.69) is 16.5 Å². The third-order valence-electron chi connectivity index (χ3n) is 2.37. The fourth-order valence-electron chi connectivity index (χ4n) is 1.52. The van der Waals surface area contributed by atoms with Crippen LogP contribution in [0.5, 0.6) is 0 Å². The maximum absolute atomic E-state index is 5.89. The average molecular weight is 261 g/mol. The van der Waals surface area contributed by atoms with Crippen LogP contribution in [0.15, 0.2) is 49.0 Å². The SMILES string of the molecule is C=C/C(=C\C=C(/C)N)n1cnc2ccc(Cl)nc21. The fraction of sp³-hybridized carbons (Fsp3) is 0.0769. The summed E-state index contributed by atoms with van der Waals surface area (Å²) in [5, 5.41) is 0.429. The molecule has 18 heavy (non-hydrogen) atoms. The maximum Gasteiger partial charge on any atom is 0.166 e. The van der Waals surface area contributed by atoms with Crippen LogP contribution in [0.3, 0.4) is 0 Å². The predicted molar refractivity (Wildman–Crippen MR) is 75.0 cm³/mol. The molecule has 5 heteroatoms. The zero-order valence-electron chi connectivity index (χ0n) is 9.97. The maximum atomic E-state index is 5.89. The van der Waals surface area contributed by atoms with Gasteiger partial charge >= 0.3 is 0 Å². The molecule has 0 aliphatic heterocycles. The number of nitrogens with zero attached hydrogens (tertiary/aromatic N) is 3. The fourth-order valence-corrected chi connectivity index (χ4v) is 1.67. The molecule has 0 saturated heterocycles. The van der Waals surface area contributed by atoms with E-state index < -0.39 is 0 Å². The Bertz CT molecular complexity index is 648. The minimum Gasteiger partial charge on any atom is -0.402 e. The second kappa shape index (κ2) is 5.06. The molecule has 2 aromatic rings. The van der Waals surface area contributed by atoms with Crippen LogP contribution in [0.1, 0.15) is 6.92 Å². The standard InChI is InChI=1S/C13H13ClN4/c1-3-10(5-4-9(2)15)18-8-16-11-6-7-12(14)17-13(11)18/h3-8H,1,15H2,2H3/b9-4+,10-5+. The predicted octanol–water partition coefficient (Wildman–Crippen LogP) is 2.97. The minimum absolute atomic E-state index is 0.429. The highest BCUT2D eigenvalue weighted by molar-refractivity contribution is 6.29. The van der Waals surface area contributed by atoms with E-state index in [-0.39, 0.29) is 0 Å². The Morgan fingerprint density at radius 2 is 2.22 bits per heavy atom. The Kier molecular flexibility index (Phi) is 3.48. The Balaban J connectivity index is 2.59. The van der Waals surface area contributed by atoms with Crippen molar-refractivity contribution >= 4 is 28.5 Å². The van der Waals surface area contributed by atoms with Crippen LogP contribution in [0.4, 0.5) is 0 Å². The van der Waals surface area contributed by atoms with Crippen molar-refractivity contribution in [1.29, 1.82) is 0 Å². The molecule has 0 atom stereocenters. The average Bonchev–Trinajstić information content (AvgIpc) is 2.73. The van der Waals surface area contributed by atoms with Gasteiger partial charge in [-0.15, -0.1) is 0 Å². The molecule has 0 aliphatic rings. The quantitative estimate of drug-likeness (QED) is 0.682. The number of allylic oxidation sites excluding steroid dienone is 5. The molecule has 0 spiro atoms. The molecule has 2 heterocycles. The van der Waals surface area contributed by atoms with Crippen LogP contribution < -0.4 is 5.73 Å². The second-order valence-electron chi connectivity index (χ2n) is 3.80. The number of rotatable bonds is 3. The highest BCUT2D eigenvalue weighted by atomic mass is 35.5. The van der Waals surface area contributed by atoms with E-state index in [9.17, 15) is 0 Å². The van der Waals surface area contributed by atoms with Gasteiger partial charge in [-0.3, -0.25) is 4.57 Å². The summed E-state index contributed by atoms with van der Waals surface area (Å²) < 4.78 is 1.81. The van der Waals surface area contributed by atoms with E-state index >= 15 is 0 Å². The summed E-state index contributed by atoms with van der Waals surface area (Å²) in [6.45, 7) is 5.59. The zero-order chi connectivity index (χ0) is 13.1. The molecule has 0 aromatic carbocycles. The summed E-state index contributed by atoms with van der Waals surface area (Å²) in [5.41, 5.74) is 8.62. The Morgan fingerprint density at radius 1 is 1.44 bits per heavy atom. The molecule has 0 aliphatic carbocycles. The number of pyridine rings is 1. The molecule has 0 unspecified atom stereocenters. The van der Waals surface area contributed by atoms with Gasteiger partial charge in [-0.1, -0.05) is 18.2 Å². The van der Waals surface area contributed by atoms with Gasteiger partial charge in [0, 0.05) is 11.4 Å². The summed E-state index contributed by atoms with van der Waals surface area (Å²) in [5.74, 6) is 0. The highest BCUT2D eigenvalue weighted by Crippen LogP contribution is 2.18. The summed E-state index contributed by atoms with van der Waals surface area (Å²) in [6, 6.07) is 3.54. The number of fused-ring (bicyclic) bond motifs is 1. The van der Waals surface area contributed by atoms with Crippen LogP contribution in [0, 0.1) is 0 Å². The van der Waals surface area contributed by atoms with E-state index in [1.165, 1.54) is 0 Å². The van der Waals surface area contributed by atoms with Gasteiger partial charge in [0.1, 0.15) is 17.0 Å². The lowest BCUT2D eigenvalue weighted by Crippen LogP contribution is -1.95. The van der Waals surface area contributed by atoms with E-state index in [0.717, 1.165) is 11.2 Å². The second-order valence-corrected chi connectivity index (χ2v) is 4.18. The Morgan fingerprint density at radius 3 is 2.89 bits per heavy atom. The molecule has 0 radical (unpaired) electrons. The number of hydrogen-bond donors (Lipinski definition) is 1. The van der Waals surface area contributed by atoms with Gasteiger partial charge < -0.3 is 5.73 Å². The third-order valence-corrected chi connectivity index (χ3v) is 2.58. The lowest BCUT2D eigenvalue weighted by molar-refractivity contribution is 1.11. The normalized spacial score (nSPS) is 13.0. The molecule has 4 nitrogen and oxygen atoms in total. The Labute approximate surface area is 110 Å². The van der Waals surface area contributed by atoms with Crippen molar-refractivity contribution in [2.75, 3.05) is 0 Å². The molecule has 2 N–H and O–H groups in total. The topological polar surface area (TPSA) is 56.7 Å². The van der Waals surface area contributed by atoms with Crippen LogP contribution in [0.25, 0.3) is 16.9 Å².